The van der Waals surface area contributed by atoms with E-state index in [1.165, 1.54) is 11.3 Å². The summed E-state index contributed by atoms with van der Waals surface area (Å²) in [4.78, 5) is 6.36. The van der Waals surface area contributed by atoms with Crippen molar-refractivity contribution in [3.8, 4) is 16.3 Å². The number of nitrogens with zero attached hydrogens (tertiary/aromatic N) is 1. The molecule has 5 nitrogen and oxygen atoms in total. The van der Waals surface area contributed by atoms with Crippen LogP contribution >= 0.6 is 22.7 Å². The van der Waals surface area contributed by atoms with Gasteiger partial charge in [-0.15, -0.1) is 22.7 Å². The summed E-state index contributed by atoms with van der Waals surface area (Å²) in [5.41, 5.74) is 1.68. The van der Waals surface area contributed by atoms with E-state index in [4.69, 9.17) is 4.74 Å². The second kappa shape index (κ2) is 7.87. The van der Waals surface area contributed by atoms with Crippen LogP contribution in [0.25, 0.3) is 10.6 Å². The van der Waals surface area contributed by atoms with Crippen molar-refractivity contribution in [2.75, 3.05) is 6.61 Å². The summed E-state index contributed by atoms with van der Waals surface area (Å²) in [5.74, 6) is 0.733. The molecule has 1 N–H and O–H groups in total. The molecule has 0 saturated heterocycles. The summed E-state index contributed by atoms with van der Waals surface area (Å²) < 4.78 is 33.6. The first-order valence-corrected chi connectivity index (χ1v) is 11.3. The smallest absolute Gasteiger partial charge is 0.241 e. The Morgan fingerprint density at radius 2 is 2.04 bits per heavy atom. The van der Waals surface area contributed by atoms with Crippen molar-refractivity contribution in [3.63, 3.8) is 0 Å². The highest BCUT2D eigenvalue weighted by atomic mass is 32.2. The van der Waals surface area contributed by atoms with Crippen LogP contribution in [0.1, 0.15) is 22.4 Å². The van der Waals surface area contributed by atoms with Crippen LogP contribution in [0.4, 0.5) is 0 Å². The molecule has 0 aliphatic rings. The second-order valence-corrected chi connectivity index (χ2v) is 9.74. The Labute approximate surface area is 161 Å². The highest BCUT2D eigenvalue weighted by Crippen LogP contribution is 2.34. The van der Waals surface area contributed by atoms with Gasteiger partial charge in [-0.3, -0.25) is 0 Å². The van der Waals surface area contributed by atoms with E-state index in [-0.39, 0.29) is 6.54 Å². The lowest BCUT2D eigenvalue weighted by atomic mass is 10.2. The van der Waals surface area contributed by atoms with Gasteiger partial charge in [-0.1, -0.05) is 12.1 Å². The van der Waals surface area contributed by atoms with E-state index in [2.05, 4.69) is 9.71 Å². The summed E-state index contributed by atoms with van der Waals surface area (Å²) in [6.45, 7) is 6.45. The topological polar surface area (TPSA) is 68.3 Å². The lowest BCUT2D eigenvalue weighted by molar-refractivity contribution is 0.340. The highest BCUT2D eigenvalue weighted by Gasteiger charge is 2.21. The van der Waals surface area contributed by atoms with Crippen molar-refractivity contribution >= 4 is 32.7 Å². The fourth-order valence-electron chi connectivity index (χ4n) is 2.50. The van der Waals surface area contributed by atoms with Gasteiger partial charge >= 0.3 is 0 Å². The lowest BCUT2D eigenvalue weighted by Crippen LogP contribution is -2.23. The Kier molecular flexibility index (Phi) is 5.76. The fourth-order valence-corrected chi connectivity index (χ4v) is 5.76. The Bertz CT molecular complexity index is 1010. The molecule has 0 bridgehead atoms. The van der Waals surface area contributed by atoms with Crippen LogP contribution in [0, 0.1) is 13.8 Å². The first-order valence-electron chi connectivity index (χ1n) is 8.13. The molecule has 0 radical (unpaired) electrons. The largest absolute Gasteiger partial charge is 0.494 e. The van der Waals surface area contributed by atoms with Gasteiger partial charge in [-0.2, -0.15) is 0 Å². The number of sulfonamides is 1. The monoisotopic (exact) mass is 408 g/mol. The summed E-state index contributed by atoms with van der Waals surface area (Å²) in [6.07, 6.45) is 0. The number of thiazole rings is 1. The van der Waals surface area contributed by atoms with Gasteiger partial charge in [0, 0.05) is 16.8 Å². The summed E-state index contributed by atoms with van der Waals surface area (Å²) in [7, 11) is -3.60. The van der Waals surface area contributed by atoms with Gasteiger partial charge in [-0.05, 0) is 44.5 Å². The SMILES string of the molecule is CCOc1cccc(CNS(=O)(=O)c2cc(-c3csc(C)n3)sc2C)c1. The third-order valence-corrected chi connectivity index (χ3v) is 7.21. The number of hydrogen-bond acceptors (Lipinski definition) is 6. The van der Waals surface area contributed by atoms with Gasteiger partial charge in [-0.25, -0.2) is 18.1 Å². The van der Waals surface area contributed by atoms with Crippen LogP contribution in [0.3, 0.4) is 0 Å². The maximum atomic E-state index is 12.7. The van der Waals surface area contributed by atoms with Crippen LogP contribution in [0.5, 0.6) is 5.75 Å². The zero-order valence-corrected chi connectivity index (χ0v) is 17.2. The molecule has 1 aromatic carbocycles. The summed E-state index contributed by atoms with van der Waals surface area (Å²) in [6, 6.07) is 9.12. The van der Waals surface area contributed by atoms with Gasteiger partial charge < -0.3 is 4.74 Å². The zero-order chi connectivity index (χ0) is 18.7. The predicted octanol–water partition coefficient (Wildman–Crippen LogP) is 4.37. The lowest BCUT2D eigenvalue weighted by Gasteiger charge is -2.08. The first-order chi connectivity index (χ1) is 12.4. The van der Waals surface area contributed by atoms with E-state index in [9.17, 15) is 8.42 Å². The molecular formula is C18H20N2O3S3. The minimum atomic E-state index is -3.60. The normalized spacial score (nSPS) is 11.7. The molecule has 3 aromatic rings. The number of aromatic nitrogens is 1. The Balaban J connectivity index is 1.78. The number of ether oxygens (including phenoxy) is 1. The van der Waals surface area contributed by atoms with E-state index in [1.54, 1.807) is 17.4 Å². The Hall–Kier alpha value is -1.74. The van der Waals surface area contributed by atoms with Gasteiger partial charge in [0.1, 0.15) is 5.75 Å². The van der Waals surface area contributed by atoms with Crippen molar-refractivity contribution in [2.24, 2.45) is 0 Å². The molecule has 0 amide bonds. The minimum absolute atomic E-state index is 0.212. The van der Waals surface area contributed by atoms with Crippen molar-refractivity contribution in [1.29, 1.82) is 0 Å². The summed E-state index contributed by atoms with van der Waals surface area (Å²) >= 11 is 3.00. The zero-order valence-electron chi connectivity index (χ0n) is 14.8. The van der Waals surface area contributed by atoms with E-state index in [0.29, 0.717) is 11.5 Å². The average Bonchev–Trinajstić information content (AvgIpc) is 3.20. The molecule has 138 valence electrons. The molecule has 8 heteroatoms. The van der Waals surface area contributed by atoms with Crippen LogP contribution in [0.15, 0.2) is 40.6 Å². The van der Waals surface area contributed by atoms with Crippen LogP contribution in [0.2, 0.25) is 0 Å². The quantitative estimate of drug-likeness (QED) is 0.630. The molecule has 3 rings (SSSR count). The molecule has 26 heavy (non-hydrogen) atoms. The summed E-state index contributed by atoms with van der Waals surface area (Å²) in [5, 5.41) is 2.91. The molecule has 2 heterocycles. The van der Waals surface area contributed by atoms with Gasteiger partial charge in [0.25, 0.3) is 0 Å². The molecule has 0 saturated carbocycles. The molecule has 2 aromatic heterocycles. The second-order valence-electron chi connectivity index (χ2n) is 5.69. The van der Waals surface area contributed by atoms with Gasteiger partial charge in [0.05, 0.1) is 27.1 Å². The predicted molar refractivity (Wildman–Crippen MR) is 107 cm³/mol. The highest BCUT2D eigenvalue weighted by molar-refractivity contribution is 7.89. The van der Waals surface area contributed by atoms with E-state index in [1.807, 2.05) is 50.4 Å². The average molecular weight is 409 g/mol. The molecule has 0 atom stereocenters. The van der Waals surface area contributed by atoms with Crippen LogP contribution in [-0.4, -0.2) is 20.0 Å². The third-order valence-electron chi connectivity index (χ3n) is 3.71. The number of hydrogen-bond donors (Lipinski definition) is 1. The number of rotatable bonds is 7. The standard InChI is InChI=1S/C18H20N2O3S3/c1-4-23-15-7-5-6-14(8-15)10-19-26(21,22)18-9-17(25-12(18)2)16-11-24-13(3)20-16/h5-9,11,19H,4,10H2,1-3H3. The number of aryl methyl sites for hydroxylation is 2. The van der Waals surface area contributed by atoms with Crippen LogP contribution in [-0.2, 0) is 16.6 Å². The van der Waals surface area contributed by atoms with Crippen LogP contribution < -0.4 is 9.46 Å². The minimum Gasteiger partial charge on any atom is -0.494 e. The number of thiophene rings is 1. The maximum Gasteiger partial charge on any atom is 0.241 e. The molecule has 0 unspecified atom stereocenters. The number of nitrogens with one attached hydrogen (secondary N) is 1. The Morgan fingerprint density at radius 3 is 2.73 bits per heavy atom. The van der Waals surface area contributed by atoms with Crippen molar-refractivity contribution in [3.05, 3.63) is 51.2 Å². The molecular weight excluding hydrogens is 388 g/mol. The van der Waals surface area contributed by atoms with E-state index >= 15 is 0 Å². The molecule has 0 fully saturated rings. The maximum absolute atomic E-state index is 12.7. The van der Waals surface area contributed by atoms with Gasteiger partial charge in [0.2, 0.25) is 10.0 Å². The first kappa shape index (κ1) is 19.0. The fraction of sp³-hybridized carbons (Fsp3) is 0.278. The van der Waals surface area contributed by atoms with Crippen molar-refractivity contribution in [2.45, 2.75) is 32.2 Å². The molecule has 0 spiro atoms. The van der Waals surface area contributed by atoms with Gasteiger partial charge in [0.15, 0.2) is 0 Å². The molecule has 0 aliphatic heterocycles. The Morgan fingerprint density at radius 1 is 1.23 bits per heavy atom. The third kappa shape index (κ3) is 4.32. The molecule has 0 aliphatic carbocycles. The van der Waals surface area contributed by atoms with Crippen molar-refractivity contribution in [1.82, 2.24) is 9.71 Å². The number of benzene rings is 1. The van der Waals surface area contributed by atoms with E-state index in [0.717, 1.165) is 31.8 Å². The van der Waals surface area contributed by atoms with Crippen molar-refractivity contribution < 1.29 is 13.2 Å². The van der Waals surface area contributed by atoms with E-state index < -0.39 is 10.0 Å².